The maximum absolute atomic E-state index is 12.8. The third-order valence-corrected chi connectivity index (χ3v) is 6.75. The number of terminal acetylenes is 1. The molecule has 2 nitrogen and oxygen atoms in total. The first kappa shape index (κ1) is 16.4. The maximum atomic E-state index is 12.8. The number of fused-ring (bicyclic) bond motifs is 3. The zero-order valence-corrected chi connectivity index (χ0v) is 14.6. The van der Waals surface area contributed by atoms with Crippen LogP contribution >= 0.6 is 0 Å². The van der Waals surface area contributed by atoms with Gasteiger partial charge in [0.2, 0.25) is 0 Å². The zero-order valence-electron chi connectivity index (χ0n) is 14.6. The van der Waals surface area contributed by atoms with Crippen LogP contribution in [0.25, 0.3) is 0 Å². The lowest BCUT2D eigenvalue weighted by Crippen LogP contribution is -2.53. The summed E-state index contributed by atoms with van der Waals surface area (Å²) in [6, 6.07) is 0. The van der Waals surface area contributed by atoms with Crippen LogP contribution in [0, 0.1) is 40.9 Å². The van der Waals surface area contributed by atoms with Crippen LogP contribution in [0.2, 0.25) is 0 Å². The maximum Gasteiger partial charge on any atom is 0.165 e. The Morgan fingerprint density at radius 2 is 2.17 bits per heavy atom. The summed E-state index contributed by atoms with van der Waals surface area (Å²) in [5.74, 6) is 3.89. The second kappa shape index (κ2) is 5.55. The van der Waals surface area contributed by atoms with E-state index < -0.39 is 0 Å². The molecule has 0 aromatic carbocycles. The first-order valence-corrected chi connectivity index (χ1v) is 8.96. The quantitative estimate of drug-likeness (QED) is 0.326. The van der Waals surface area contributed by atoms with Crippen molar-refractivity contribution in [2.24, 2.45) is 28.6 Å². The lowest BCUT2D eigenvalue weighted by atomic mass is 9.45. The van der Waals surface area contributed by atoms with Gasteiger partial charge in [-0.3, -0.25) is 4.79 Å². The summed E-state index contributed by atoms with van der Waals surface area (Å²) in [5.41, 5.74) is 1.75. The molecule has 2 fully saturated rings. The SMILES string of the molecule is C#C[C@]12CCCC=C1[C@@]1(C)C/C(=C/O)C(=O)C(C(C)C)[C@@H]1CC2. The molecule has 4 atom stereocenters. The van der Waals surface area contributed by atoms with Gasteiger partial charge in [0.05, 0.1) is 11.7 Å². The second-order valence-electron chi connectivity index (χ2n) is 8.26. The number of ketones is 1. The molecule has 0 aromatic heterocycles. The molecular formula is C21H28O2. The molecule has 0 radical (unpaired) electrons. The van der Waals surface area contributed by atoms with E-state index in [2.05, 4.69) is 32.8 Å². The summed E-state index contributed by atoms with van der Waals surface area (Å²) >= 11 is 0. The number of allylic oxidation sites excluding steroid dienone is 3. The van der Waals surface area contributed by atoms with Crippen molar-refractivity contribution in [2.75, 3.05) is 0 Å². The summed E-state index contributed by atoms with van der Waals surface area (Å²) in [6.07, 6.45) is 15.4. The first-order valence-electron chi connectivity index (χ1n) is 8.96. The number of rotatable bonds is 1. The average molecular weight is 312 g/mol. The Morgan fingerprint density at radius 1 is 1.43 bits per heavy atom. The van der Waals surface area contributed by atoms with Crippen molar-refractivity contribution < 1.29 is 9.90 Å². The summed E-state index contributed by atoms with van der Waals surface area (Å²) in [4.78, 5) is 12.8. The van der Waals surface area contributed by atoms with Gasteiger partial charge in [-0.25, -0.2) is 0 Å². The number of carbonyl (C=O) groups is 1. The van der Waals surface area contributed by atoms with E-state index in [-0.39, 0.29) is 28.4 Å². The molecule has 3 aliphatic carbocycles. The smallest absolute Gasteiger partial charge is 0.165 e. The molecule has 0 bridgehead atoms. The highest BCUT2D eigenvalue weighted by Gasteiger charge is 2.58. The van der Waals surface area contributed by atoms with Crippen LogP contribution in [0.5, 0.6) is 0 Å². The Kier molecular flexibility index (Phi) is 3.95. The zero-order chi connectivity index (χ0) is 16.8. The molecule has 0 aromatic rings. The Hall–Kier alpha value is -1.49. The topological polar surface area (TPSA) is 37.3 Å². The summed E-state index contributed by atoms with van der Waals surface area (Å²) in [6.45, 7) is 6.54. The molecular weight excluding hydrogens is 284 g/mol. The molecule has 0 spiro atoms. The van der Waals surface area contributed by atoms with E-state index in [0.29, 0.717) is 17.9 Å². The minimum Gasteiger partial charge on any atom is -0.515 e. The summed E-state index contributed by atoms with van der Waals surface area (Å²) in [5, 5.41) is 9.64. The van der Waals surface area contributed by atoms with Crippen molar-refractivity contribution in [1.29, 1.82) is 0 Å². The van der Waals surface area contributed by atoms with Gasteiger partial charge in [-0.2, -0.15) is 0 Å². The second-order valence-corrected chi connectivity index (χ2v) is 8.26. The Bertz CT molecular complexity index is 618. The molecule has 0 heterocycles. The molecule has 0 aliphatic heterocycles. The average Bonchev–Trinajstić information content (AvgIpc) is 2.54. The molecule has 23 heavy (non-hydrogen) atoms. The van der Waals surface area contributed by atoms with Gasteiger partial charge < -0.3 is 5.11 Å². The lowest BCUT2D eigenvalue weighted by molar-refractivity contribution is -0.129. The molecule has 2 saturated carbocycles. The van der Waals surface area contributed by atoms with Crippen molar-refractivity contribution in [3.05, 3.63) is 23.5 Å². The number of Topliss-reactive ketones (excluding diaryl/α,β-unsaturated/α-hetero) is 1. The fourth-order valence-corrected chi connectivity index (χ4v) is 5.72. The standard InChI is InChI=1S/C21H28O2/c1-5-21-10-7-6-8-17(21)20(4)12-15(13-22)19(23)18(14(2)3)16(20)9-11-21/h1,8,13-14,16,18,22H,6-7,9-12H2,2-4H3/b15-13-/t16-,18?,20-,21+/m0/s1. The van der Waals surface area contributed by atoms with Crippen molar-refractivity contribution in [1.82, 2.24) is 0 Å². The molecule has 124 valence electrons. The highest BCUT2D eigenvalue weighted by molar-refractivity contribution is 5.98. The number of aliphatic hydroxyl groups is 1. The van der Waals surface area contributed by atoms with Gasteiger partial charge in [-0.15, -0.1) is 6.42 Å². The first-order chi connectivity index (χ1) is 10.9. The fourth-order valence-electron chi connectivity index (χ4n) is 5.72. The summed E-state index contributed by atoms with van der Waals surface area (Å²) in [7, 11) is 0. The van der Waals surface area contributed by atoms with Crippen molar-refractivity contribution in [3.63, 3.8) is 0 Å². The van der Waals surface area contributed by atoms with Crippen molar-refractivity contribution in [2.45, 2.75) is 59.3 Å². The number of carbonyl (C=O) groups excluding carboxylic acids is 1. The van der Waals surface area contributed by atoms with Crippen LogP contribution in [0.3, 0.4) is 0 Å². The van der Waals surface area contributed by atoms with Crippen molar-refractivity contribution >= 4 is 5.78 Å². The number of hydrogen-bond donors (Lipinski definition) is 1. The van der Waals surface area contributed by atoms with Crippen LogP contribution in [0.1, 0.15) is 59.3 Å². The van der Waals surface area contributed by atoms with Crippen LogP contribution in [0.4, 0.5) is 0 Å². The fraction of sp³-hybridized carbons (Fsp3) is 0.667. The van der Waals surface area contributed by atoms with Gasteiger partial charge in [-0.1, -0.05) is 32.8 Å². The molecule has 2 heteroatoms. The third-order valence-electron chi connectivity index (χ3n) is 6.75. The summed E-state index contributed by atoms with van der Waals surface area (Å²) < 4.78 is 0. The molecule has 0 saturated heterocycles. The van der Waals surface area contributed by atoms with E-state index in [4.69, 9.17) is 6.42 Å². The largest absolute Gasteiger partial charge is 0.515 e. The number of hydrogen-bond acceptors (Lipinski definition) is 2. The molecule has 3 aliphatic rings. The Morgan fingerprint density at radius 3 is 2.78 bits per heavy atom. The van der Waals surface area contributed by atoms with Gasteiger partial charge in [0.15, 0.2) is 5.78 Å². The minimum atomic E-state index is -0.119. The molecule has 0 amide bonds. The molecule has 3 rings (SSSR count). The van der Waals surface area contributed by atoms with E-state index in [0.717, 1.165) is 38.4 Å². The third kappa shape index (κ3) is 2.20. The minimum absolute atomic E-state index is 0.00856. The van der Waals surface area contributed by atoms with Gasteiger partial charge in [0.1, 0.15) is 0 Å². The van der Waals surface area contributed by atoms with E-state index in [1.165, 1.54) is 5.57 Å². The number of aliphatic hydroxyl groups excluding tert-OH is 1. The van der Waals surface area contributed by atoms with E-state index >= 15 is 0 Å². The highest BCUT2D eigenvalue weighted by atomic mass is 16.2. The van der Waals surface area contributed by atoms with Crippen molar-refractivity contribution in [3.8, 4) is 12.3 Å². The van der Waals surface area contributed by atoms with Crippen LogP contribution in [-0.2, 0) is 4.79 Å². The highest BCUT2D eigenvalue weighted by Crippen LogP contribution is 2.64. The van der Waals surface area contributed by atoms with E-state index in [1.807, 2.05) is 0 Å². The van der Waals surface area contributed by atoms with E-state index in [9.17, 15) is 9.90 Å². The Balaban J connectivity index is 2.13. The molecule has 1 unspecified atom stereocenters. The van der Waals surface area contributed by atoms with Crippen LogP contribution < -0.4 is 0 Å². The monoisotopic (exact) mass is 312 g/mol. The normalized spacial score (nSPS) is 42.0. The van der Waals surface area contributed by atoms with Crippen LogP contribution in [0.15, 0.2) is 23.5 Å². The molecule has 1 N–H and O–H groups in total. The van der Waals surface area contributed by atoms with E-state index in [1.54, 1.807) is 0 Å². The predicted octanol–water partition coefficient (Wildman–Crippen LogP) is 4.82. The van der Waals surface area contributed by atoms with Gasteiger partial charge >= 0.3 is 0 Å². The van der Waals surface area contributed by atoms with Gasteiger partial charge in [-0.05, 0) is 61.3 Å². The van der Waals surface area contributed by atoms with Crippen LogP contribution in [-0.4, -0.2) is 10.9 Å². The van der Waals surface area contributed by atoms with Gasteiger partial charge in [0.25, 0.3) is 0 Å². The Labute approximate surface area is 140 Å². The lowest BCUT2D eigenvalue weighted by Gasteiger charge is -2.57. The van der Waals surface area contributed by atoms with Gasteiger partial charge in [0, 0.05) is 11.5 Å². The predicted molar refractivity (Wildman–Crippen MR) is 92.7 cm³/mol.